The topological polar surface area (TPSA) is 40.5 Å². The Kier molecular flexibility index (Phi) is 17.1. The molecule has 13 heavy (non-hydrogen) atoms. The molecule has 0 bridgehead atoms. The van der Waals surface area contributed by atoms with Crippen LogP contribution >= 0.6 is 0 Å². The second-order valence-corrected chi connectivity index (χ2v) is 3.32. The third-order valence-corrected chi connectivity index (χ3v) is 2.03. The van der Waals surface area contributed by atoms with Crippen LogP contribution in [-0.4, -0.2) is 23.4 Å². The quantitative estimate of drug-likeness (QED) is 0.676. The van der Waals surface area contributed by atoms with Crippen LogP contribution in [0.2, 0.25) is 0 Å². The van der Waals surface area contributed by atoms with Crippen molar-refractivity contribution in [3.63, 3.8) is 0 Å². The predicted octanol–water partition coefficient (Wildman–Crippen LogP) is 2.58. The van der Waals surface area contributed by atoms with E-state index in [1.165, 1.54) is 19.3 Å². The first-order valence-corrected chi connectivity index (χ1v) is 5.48. The Bertz CT molecular complexity index is 68.5. The first kappa shape index (κ1) is 15.4. The van der Waals surface area contributed by atoms with Crippen molar-refractivity contribution in [1.82, 2.24) is 0 Å². The zero-order valence-electron chi connectivity index (χ0n) is 9.42. The van der Waals surface area contributed by atoms with E-state index in [0.717, 1.165) is 12.8 Å². The Morgan fingerprint density at radius 3 is 1.77 bits per heavy atom. The maximum absolute atomic E-state index is 8.75. The predicted molar refractivity (Wildman–Crippen MR) is 57.8 cm³/mol. The van der Waals surface area contributed by atoms with Crippen molar-refractivity contribution in [3.8, 4) is 0 Å². The van der Waals surface area contributed by atoms with E-state index in [-0.39, 0.29) is 0 Å². The molecule has 0 fully saturated rings. The number of aliphatic hydroxyl groups excluding tert-OH is 2. The van der Waals surface area contributed by atoms with Crippen LogP contribution in [0, 0.1) is 5.92 Å². The summed E-state index contributed by atoms with van der Waals surface area (Å²) in [6.07, 6.45) is 5.70. The number of hydrogen-bond acceptors (Lipinski definition) is 2. The fourth-order valence-corrected chi connectivity index (χ4v) is 0.917. The van der Waals surface area contributed by atoms with Gasteiger partial charge >= 0.3 is 0 Å². The van der Waals surface area contributed by atoms with Gasteiger partial charge in [-0.05, 0) is 18.8 Å². The van der Waals surface area contributed by atoms with Crippen LogP contribution in [0.15, 0.2) is 0 Å². The third kappa shape index (κ3) is 14.7. The summed E-state index contributed by atoms with van der Waals surface area (Å²) in [6.45, 7) is 6.94. The zero-order valence-corrected chi connectivity index (χ0v) is 9.42. The van der Waals surface area contributed by atoms with Gasteiger partial charge in [0.2, 0.25) is 0 Å². The fourth-order valence-electron chi connectivity index (χ4n) is 0.917. The van der Waals surface area contributed by atoms with E-state index < -0.39 is 0 Å². The van der Waals surface area contributed by atoms with E-state index in [9.17, 15) is 0 Å². The van der Waals surface area contributed by atoms with E-state index in [4.69, 9.17) is 10.2 Å². The molecule has 1 unspecified atom stereocenters. The fraction of sp³-hybridized carbons (Fsp3) is 1.00. The summed E-state index contributed by atoms with van der Waals surface area (Å²) in [6, 6.07) is 0. The maximum atomic E-state index is 8.75. The molecule has 0 aliphatic rings. The van der Waals surface area contributed by atoms with E-state index in [1.807, 2.05) is 6.92 Å². The van der Waals surface area contributed by atoms with Gasteiger partial charge in [-0.3, -0.25) is 0 Å². The molecular weight excluding hydrogens is 164 g/mol. The smallest absolute Gasteiger partial charge is 0.0459 e. The van der Waals surface area contributed by atoms with Gasteiger partial charge in [-0.1, -0.05) is 40.0 Å². The molecule has 0 spiro atoms. The maximum Gasteiger partial charge on any atom is 0.0459 e. The average molecular weight is 190 g/mol. The molecule has 0 saturated heterocycles. The zero-order chi connectivity index (χ0) is 10.5. The lowest BCUT2D eigenvalue weighted by Gasteiger charge is -2.08. The molecule has 0 saturated carbocycles. The average Bonchev–Trinajstić information content (AvgIpc) is 2.20. The van der Waals surface area contributed by atoms with Crippen molar-refractivity contribution >= 4 is 0 Å². The van der Waals surface area contributed by atoms with Crippen LogP contribution in [0.3, 0.4) is 0 Å². The Morgan fingerprint density at radius 2 is 1.54 bits per heavy atom. The second-order valence-electron chi connectivity index (χ2n) is 3.32. The van der Waals surface area contributed by atoms with Crippen LogP contribution in [0.5, 0.6) is 0 Å². The molecule has 2 N–H and O–H groups in total. The normalized spacial score (nSPS) is 11.8. The van der Waals surface area contributed by atoms with E-state index in [1.54, 1.807) is 0 Å². The first-order chi connectivity index (χ1) is 6.26. The highest BCUT2D eigenvalue weighted by Crippen LogP contribution is 2.10. The standard InChI is InChI=1S/C8H18O.C3H8O/c1-3-5-6-8(4-2)7-9;1-2-3-4/h8-9H,3-7H2,1-2H3;4H,2-3H2,1H3. The summed E-state index contributed by atoms with van der Waals surface area (Å²) >= 11 is 0. The van der Waals surface area contributed by atoms with Crippen molar-refractivity contribution in [2.75, 3.05) is 13.2 Å². The molecule has 0 amide bonds. The van der Waals surface area contributed by atoms with Gasteiger partial charge in [-0.2, -0.15) is 0 Å². The van der Waals surface area contributed by atoms with Gasteiger partial charge in [0.1, 0.15) is 0 Å². The van der Waals surface area contributed by atoms with Gasteiger partial charge in [0.15, 0.2) is 0 Å². The van der Waals surface area contributed by atoms with Gasteiger partial charge in [-0.15, -0.1) is 0 Å². The van der Waals surface area contributed by atoms with Gasteiger partial charge < -0.3 is 10.2 Å². The van der Waals surface area contributed by atoms with Crippen LogP contribution in [0.25, 0.3) is 0 Å². The van der Waals surface area contributed by atoms with E-state index in [2.05, 4.69) is 13.8 Å². The molecule has 1 atom stereocenters. The molecule has 0 radical (unpaired) electrons. The molecular formula is C11H26O2. The highest BCUT2D eigenvalue weighted by atomic mass is 16.3. The lowest BCUT2D eigenvalue weighted by molar-refractivity contribution is 0.212. The summed E-state index contributed by atoms with van der Waals surface area (Å²) in [5.41, 5.74) is 0. The molecule has 0 aromatic heterocycles. The molecule has 0 rings (SSSR count). The van der Waals surface area contributed by atoms with Gasteiger partial charge in [0.25, 0.3) is 0 Å². The van der Waals surface area contributed by atoms with Gasteiger partial charge in [0, 0.05) is 13.2 Å². The van der Waals surface area contributed by atoms with Gasteiger partial charge in [0.05, 0.1) is 0 Å². The van der Waals surface area contributed by atoms with E-state index in [0.29, 0.717) is 19.1 Å². The molecule has 0 aliphatic carbocycles. The van der Waals surface area contributed by atoms with Crippen molar-refractivity contribution in [1.29, 1.82) is 0 Å². The Balaban J connectivity index is 0. The number of rotatable bonds is 6. The van der Waals surface area contributed by atoms with Crippen LogP contribution in [0.1, 0.15) is 52.9 Å². The number of aliphatic hydroxyl groups is 2. The minimum absolute atomic E-state index is 0.319. The molecule has 0 aliphatic heterocycles. The third-order valence-electron chi connectivity index (χ3n) is 2.03. The highest BCUT2D eigenvalue weighted by molar-refractivity contribution is 4.53. The number of unbranched alkanes of at least 4 members (excludes halogenated alkanes) is 1. The second kappa shape index (κ2) is 14.4. The lowest BCUT2D eigenvalue weighted by atomic mass is 10.0. The van der Waals surface area contributed by atoms with Crippen molar-refractivity contribution < 1.29 is 10.2 Å². The van der Waals surface area contributed by atoms with Gasteiger partial charge in [-0.25, -0.2) is 0 Å². The van der Waals surface area contributed by atoms with Crippen molar-refractivity contribution in [2.45, 2.75) is 52.9 Å². The summed E-state index contributed by atoms with van der Waals surface area (Å²) in [5.74, 6) is 0.560. The molecule has 0 aromatic carbocycles. The summed E-state index contributed by atoms with van der Waals surface area (Å²) in [4.78, 5) is 0. The summed E-state index contributed by atoms with van der Waals surface area (Å²) < 4.78 is 0. The SMILES string of the molecule is CCCCC(CC)CO.CCCO. The minimum atomic E-state index is 0.319. The van der Waals surface area contributed by atoms with Crippen molar-refractivity contribution in [2.24, 2.45) is 5.92 Å². The molecule has 82 valence electrons. The number of hydrogen-bond donors (Lipinski definition) is 2. The van der Waals surface area contributed by atoms with Crippen LogP contribution in [0.4, 0.5) is 0 Å². The molecule has 0 heterocycles. The Morgan fingerprint density at radius 1 is 1.00 bits per heavy atom. The molecule has 2 nitrogen and oxygen atoms in total. The lowest BCUT2D eigenvalue weighted by Crippen LogP contribution is -2.03. The largest absolute Gasteiger partial charge is 0.396 e. The summed E-state index contributed by atoms with van der Waals surface area (Å²) in [7, 11) is 0. The monoisotopic (exact) mass is 190 g/mol. The Hall–Kier alpha value is -0.0800. The first-order valence-electron chi connectivity index (χ1n) is 5.48. The van der Waals surface area contributed by atoms with Crippen LogP contribution < -0.4 is 0 Å². The Labute approximate surface area is 83.0 Å². The minimum Gasteiger partial charge on any atom is -0.396 e. The molecule has 0 aromatic rings. The summed E-state index contributed by atoms with van der Waals surface area (Å²) in [5, 5.41) is 16.6. The van der Waals surface area contributed by atoms with Crippen molar-refractivity contribution in [3.05, 3.63) is 0 Å². The molecule has 2 heteroatoms. The van der Waals surface area contributed by atoms with Crippen LogP contribution in [-0.2, 0) is 0 Å². The van der Waals surface area contributed by atoms with E-state index >= 15 is 0 Å². The highest BCUT2D eigenvalue weighted by Gasteiger charge is 2.01.